The van der Waals surface area contributed by atoms with Crippen molar-refractivity contribution in [3.05, 3.63) is 88.9 Å². The summed E-state index contributed by atoms with van der Waals surface area (Å²) in [6.45, 7) is 3.09. The number of oxazole rings is 1. The van der Waals surface area contributed by atoms with Crippen LogP contribution in [0.25, 0.3) is 5.52 Å². The molecule has 0 unspecified atom stereocenters. The van der Waals surface area contributed by atoms with Gasteiger partial charge in [0.25, 0.3) is 5.91 Å². The summed E-state index contributed by atoms with van der Waals surface area (Å²) in [7, 11) is 0. The van der Waals surface area contributed by atoms with Crippen LogP contribution in [-0.2, 0) is 19.4 Å². The van der Waals surface area contributed by atoms with Gasteiger partial charge in [-0.1, -0.05) is 36.4 Å². The number of carbonyl (C=O) groups is 1. The Hall–Kier alpha value is -3.41. The molecule has 0 N–H and O–H groups in total. The fourth-order valence-corrected chi connectivity index (χ4v) is 3.69. The molecule has 0 aliphatic carbocycles. The summed E-state index contributed by atoms with van der Waals surface area (Å²) >= 11 is 0. The predicted molar refractivity (Wildman–Crippen MR) is 104 cm³/mol. The maximum atomic E-state index is 13.1. The van der Waals surface area contributed by atoms with Crippen LogP contribution >= 0.6 is 0 Å². The molecule has 3 aromatic heterocycles. The molecule has 0 saturated carbocycles. The number of rotatable bonds is 3. The lowest BCUT2D eigenvalue weighted by Crippen LogP contribution is -2.35. The third-order valence-electron chi connectivity index (χ3n) is 5.15. The molecule has 1 aliphatic rings. The summed E-state index contributed by atoms with van der Waals surface area (Å²) in [4.78, 5) is 19.6. The molecule has 0 radical (unpaired) electrons. The molecular weight excluding hydrogens is 352 g/mol. The standard InChI is InChI=1S/C22H20N4O2/c1-15-7-8-19-17(12-23-26(19)13-15)22(27)25-10-9-20-18(14-25)24-21(28-20)11-16-5-3-2-4-6-16/h2-8,12-13H,9-11,14H2,1H3. The van der Waals surface area contributed by atoms with E-state index in [4.69, 9.17) is 4.42 Å². The van der Waals surface area contributed by atoms with Crippen LogP contribution in [0, 0.1) is 6.92 Å². The molecule has 0 spiro atoms. The van der Waals surface area contributed by atoms with Crippen LogP contribution < -0.4 is 0 Å². The van der Waals surface area contributed by atoms with E-state index in [0.717, 1.165) is 28.1 Å². The van der Waals surface area contributed by atoms with Crippen molar-refractivity contribution in [3.8, 4) is 0 Å². The lowest BCUT2D eigenvalue weighted by Gasteiger charge is -2.25. The lowest BCUT2D eigenvalue weighted by atomic mass is 10.1. The smallest absolute Gasteiger partial charge is 0.258 e. The molecule has 0 bridgehead atoms. The van der Waals surface area contributed by atoms with Gasteiger partial charge >= 0.3 is 0 Å². The van der Waals surface area contributed by atoms with Crippen LogP contribution in [0.15, 0.2) is 59.3 Å². The summed E-state index contributed by atoms with van der Waals surface area (Å²) in [5, 5.41) is 4.33. The van der Waals surface area contributed by atoms with Gasteiger partial charge in [-0.05, 0) is 24.1 Å². The van der Waals surface area contributed by atoms with E-state index in [-0.39, 0.29) is 5.91 Å². The molecule has 1 amide bonds. The van der Waals surface area contributed by atoms with Crippen molar-refractivity contribution in [2.45, 2.75) is 26.3 Å². The number of aromatic nitrogens is 3. The summed E-state index contributed by atoms with van der Waals surface area (Å²) in [5.41, 5.74) is 4.57. The van der Waals surface area contributed by atoms with Crippen LogP contribution in [0.3, 0.4) is 0 Å². The van der Waals surface area contributed by atoms with Crippen LogP contribution in [0.1, 0.15) is 38.8 Å². The highest BCUT2D eigenvalue weighted by atomic mass is 16.4. The topological polar surface area (TPSA) is 63.6 Å². The van der Waals surface area contributed by atoms with Gasteiger partial charge in [-0.2, -0.15) is 5.10 Å². The van der Waals surface area contributed by atoms with Crippen molar-refractivity contribution in [1.29, 1.82) is 0 Å². The van der Waals surface area contributed by atoms with Gasteiger partial charge in [0, 0.05) is 25.6 Å². The zero-order valence-corrected chi connectivity index (χ0v) is 15.6. The molecule has 6 nitrogen and oxygen atoms in total. The van der Waals surface area contributed by atoms with Crippen LogP contribution in [-0.4, -0.2) is 31.9 Å². The largest absolute Gasteiger partial charge is 0.445 e. The van der Waals surface area contributed by atoms with Gasteiger partial charge in [0.1, 0.15) is 11.5 Å². The molecule has 4 heterocycles. The molecule has 5 rings (SSSR count). The molecule has 0 saturated heterocycles. The molecule has 6 heteroatoms. The van der Waals surface area contributed by atoms with Crippen molar-refractivity contribution in [3.63, 3.8) is 0 Å². The van der Waals surface area contributed by atoms with E-state index in [1.54, 1.807) is 10.7 Å². The van der Waals surface area contributed by atoms with Gasteiger partial charge in [0.15, 0.2) is 5.89 Å². The minimum Gasteiger partial charge on any atom is -0.445 e. The van der Waals surface area contributed by atoms with Gasteiger partial charge in [-0.25, -0.2) is 9.50 Å². The molecule has 140 valence electrons. The third kappa shape index (κ3) is 2.97. The fourth-order valence-electron chi connectivity index (χ4n) is 3.69. The summed E-state index contributed by atoms with van der Waals surface area (Å²) in [5.74, 6) is 1.58. The van der Waals surface area contributed by atoms with E-state index in [1.807, 2.05) is 48.4 Å². The number of benzene rings is 1. The number of pyridine rings is 1. The van der Waals surface area contributed by atoms with Crippen molar-refractivity contribution in [2.24, 2.45) is 0 Å². The average molecular weight is 372 g/mol. The van der Waals surface area contributed by atoms with E-state index in [0.29, 0.717) is 37.4 Å². The van der Waals surface area contributed by atoms with Gasteiger partial charge in [-0.3, -0.25) is 4.79 Å². The number of hydrogen-bond acceptors (Lipinski definition) is 4. The van der Waals surface area contributed by atoms with Crippen LogP contribution in [0.2, 0.25) is 0 Å². The molecule has 4 aromatic rings. The fraction of sp³-hybridized carbons (Fsp3) is 0.227. The highest BCUT2D eigenvalue weighted by Crippen LogP contribution is 2.24. The van der Waals surface area contributed by atoms with Crippen LogP contribution in [0.5, 0.6) is 0 Å². The number of aryl methyl sites for hydroxylation is 1. The van der Waals surface area contributed by atoms with Crippen LogP contribution in [0.4, 0.5) is 0 Å². The predicted octanol–water partition coefficient (Wildman–Crippen LogP) is 3.42. The summed E-state index contributed by atoms with van der Waals surface area (Å²) < 4.78 is 7.70. The number of amides is 1. The minimum atomic E-state index is -0.0166. The number of fused-ring (bicyclic) bond motifs is 2. The third-order valence-corrected chi connectivity index (χ3v) is 5.15. The Balaban J connectivity index is 1.37. The first-order valence-corrected chi connectivity index (χ1v) is 9.42. The first kappa shape index (κ1) is 16.7. The van der Waals surface area contributed by atoms with Gasteiger partial charge in [-0.15, -0.1) is 0 Å². The Morgan fingerprint density at radius 3 is 2.89 bits per heavy atom. The van der Waals surface area contributed by atoms with Crippen molar-refractivity contribution in [1.82, 2.24) is 19.5 Å². The lowest BCUT2D eigenvalue weighted by molar-refractivity contribution is 0.0730. The minimum absolute atomic E-state index is 0.0166. The quantitative estimate of drug-likeness (QED) is 0.553. The number of hydrogen-bond donors (Lipinski definition) is 0. The van der Waals surface area contributed by atoms with E-state index in [1.165, 1.54) is 0 Å². The highest BCUT2D eigenvalue weighted by molar-refractivity contribution is 6.00. The number of carbonyl (C=O) groups excluding carboxylic acids is 1. The maximum Gasteiger partial charge on any atom is 0.258 e. The van der Waals surface area contributed by atoms with E-state index >= 15 is 0 Å². The van der Waals surface area contributed by atoms with Gasteiger partial charge < -0.3 is 9.32 Å². The normalized spacial score (nSPS) is 13.7. The van der Waals surface area contributed by atoms with E-state index in [2.05, 4.69) is 22.2 Å². The molecule has 28 heavy (non-hydrogen) atoms. The monoisotopic (exact) mass is 372 g/mol. The Morgan fingerprint density at radius 1 is 1.18 bits per heavy atom. The Morgan fingerprint density at radius 2 is 2.04 bits per heavy atom. The second kappa shape index (κ2) is 6.64. The zero-order valence-electron chi connectivity index (χ0n) is 15.6. The summed E-state index contributed by atoms with van der Waals surface area (Å²) in [6, 6.07) is 14.1. The zero-order chi connectivity index (χ0) is 19.1. The van der Waals surface area contributed by atoms with E-state index in [9.17, 15) is 4.79 Å². The van der Waals surface area contributed by atoms with Crippen molar-refractivity contribution >= 4 is 11.4 Å². The second-order valence-corrected chi connectivity index (χ2v) is 7.21. The Labute approximate surface area is 162 Å². The molecular formula is C22H20N4O2. The molecule has 0 fully saturated rings. The number of nitrogens with zero attached hydrogens (tertiary/aromatic N) is 4. The SMILES string of the molecule is Cc1ccc2c(C(=O)N3CCc4oc(Cc5ccccc5)nc4C3)cnn2c1. The molecule has 0 atom stereocenters. The highest BCUT2D eigenvalue weighted by Gasteiger charge is 2.27. The Bertz CT molecular complexity index is 1160. The Kier molecular flexibility index (Phi) is 3.97. The van der Waals surface area contributed by atoms with Gasteiger partial charge in [0.2, 0.25) is 0 Å². The average Bonchev–Trinajstić information content (AvgIpc) is 3.30. The van der Waals surface area contributed by atoms with E-state index < -0.39 is 0 Å². The first-order chi connectivity index (χ1) is 13.7. The van der Waals surface area contributed by atoms with Gasteiger partial charge in [0.05, 0.1) is 23.8 Å². The van der Waals surface area contributed by atoms with Crippen molar-refractivity contribution < 1.29 is 9.21 Å². The van der Waals surface area contributed by atoms with Crippen molar-refractivity contribution in [2.75, 3.05) is 6.54 Å². The molecule has 1 aromatic carbocycles. The summed E-state index contributed by atoms with van der Waals surface area (Å²) in [6.07, 6.45) is 4.92. The maximum absolute atomic E-state index is 13.1. The first-order valence-electron chi connectivity index (χ1n) is 9.42. The molecule has 1 aliphatic heterocycles. The second-order valence-electron chi connectivity index (χ2n) is 7.21.